The molecule has 2 N–H and O–H groups in total. The van der Waals surface area contributed by atoms with Crippen LogP contribution in [0.15, 0.2) is 34.2 Å². The normalized spacial score (nSPS) is 11.0. The molecule has 2 aromatic heterocycles. The zero-order valence-corrected chi connectivity index (χ0v) is 12.6. The molecule has 5 nitrogen and oxygen atoms in total. The summed E-state index contributed by atoms with van der Waals surface area (Å²) in [5.74, 6) is 1.18. The quantitative estimate of drug-likeness (QED) is 0.784. The molecular formula is C15H16N4OS. The molecule has 108 valence electrons. The summed E-state index contributed by atoms with van der Waals surface area (Å²) < 4.78 is 5.30. The Labute approximate surface area is 126 Å². The van der Waals surface area contributed by atoms with Crippen molar-refractivity contribution in [2.24, 2.45) is 5.73 Å². The summed E-state index contributed by atoms with van der Waals surface area (Å²) in [4.78, 5) is 8.93. The molecule has 0 unspecified atom stereocenters. The number of aromatic nitrogens is 3. The van der Waals surface area contributed by atoms with Gasteiger partial charge in [-0.3, -0.25) is 0 Å². The van der Waals surface area contributed by atoms with Gasteiger partial charge in [-0.05, 0) is 12.0 Å². The van der Waals surface area contributed by atoms with E-state index in [0.717, 1.165) is 28.2 Å². The van der Waals surface area contributed by atoms with Crippen molar-refractivity contribution in [1.82, 2.24) is 15.1 Å². The SMILES string of the molecule is CCc1nc(Cc2nc(-c3ccc(CN)cc3)no2)cs1. The van der Waals surface area contributed by atoms with E-state index in [1.807, 2.05) is 29.6 Å². The molecule has 21 heavy (non-hydrogen) atoms. The van der Waals surface area contributed by atoms with Crippen LogP contribution in [0.2, 0.25) is 0 Å². The van der Waals surface area contributed by atoms with E-state index in [2.05, 4.69) is 22.0 Å². The van der Waals surface area contributed by atoms with Crippen molar-refractivity contribution in [1.29, 1.82) is 0 Å². The molecule has 3 rings (SSSR count). The van der Waals surface area contributed by atoms with Crippen molar-refractivity contribution < 1.29 is 4.52 Å². The second kappa shape index (κ2) is 6.15. The summed E-state index contributed by atoms with van der Waals surface area (Å²) in [5.41, 5.74) is 8.57. The Morgan fingerprint density at radius 2 is 2.00 bits per heavy atom. The summed E-state index contributed by atoms with van der Waals surface area (Å²) in [6.45, 7) is 2.62. The molecule has 0 saturated heterocycles. The highest BCUT2D eigenvalue weighted by Crippen LogP contribution is 2.18. The van der Waals surface area contributed by atoms with Gasteiger partial charge in [0.2, 0.25) is 11.7 Å². The minimum Gasteiger partial charge on any atom is -0.339 e. The van der Waals surface area contributed by atoms with Crippen molar-refractivity contribution in [3.05, 3.63) is 51.8 Å². The fraction of sp³-hybridized carbons (Fsp3) is 0.267. The maximum atomic E-state index is 5.59. The monoisotopic (exact) mass is 300 g/mol. The number of hydrogen-bond acceptors (Lipinski definition) is 6. The predicted molar refractivity (Wildman–Crippen MR) is 81.9 cm³/mol. The van der Waals surface area contributed by atoms with E-state index in [9.17, 15) is 0 Å². The van der Waals surface area contributed by atoms with Crippen molar-refractivity contribution in [2.75, 3.05) is 0 Å². The highest BCUT2D eigenvalue weighted by molar-refractivity contribution is 7.09. The van der Waals surface area contributed by atoms with Crippen LogP contribution in [0.4, 0.5) is 0 Å². The number of hydrogen-bond donors (Lipinski definition) is 1. The van der Waals surface area contributed by atoms with Crippen LogP contribution in [-0.2, 0) is 19.4 Å². The molecule has 0 spiro atoms. The number of nitrogens with two attached hydrogens (primary N) is 1. The van der Waals surface area contributed by atoms with Crippen LogP contribution in [0.25, 0.3) is 11.4 Å². The minimum atomic E-state index is 0.529. The fourth-order valence-electron chi connectivity index (χ4n) is 1.98. The second-order valence-electron chi connectivity index (χ2n) is 4.68. The summed E-state index contributed by atoms with van der Waals surface area (Å²) in [6, 6.07) is 7.85. The fourth-order valence-corrected chi connectivity index (χ4v) is 2.73. The van der Waals surface area contributed by atoms with Crippen molar-refractivity contribution in [3.8, 4) is 11.4 Å². The molecule has 0 saturated carbocycles. The first-order valence-electron chi connectivity index (χ1n) is 6.83. The third-order valence-corrected chi connectivity index (χ3v) is 4.19. The second-order valence-corrected chi connectivity index (χ2v) is 5.62. The Hall–Kier alpha value is -2.05. The van der Waals surface area contributed by atoms with Gasteiger partial charge in [-0.25, -0.2) is 4.98 Å². The Kier molecular flexibility index (Phi) is 4.08. The highest BCUT2D eigenvalue weighted by atomic mass is 32.1. The molecule has 0 amide bonds. The predicted octanol–water partition coefficient (Wildman–Crippen LogP) is 2.81. The highest BCUT2D eigenvalue weighted by Gasteiger charge is 2.11. The number of thiazole rings is 1. The van der Waals surface area contributed by atoms with E-state index in [1.54, 1.807) is 11.3 Å². The number of rotatable bonds is 5. The lowest BCUT2D eigenvalue weighted by Gasteiger charge is -1.97. The molecule has 6 heteroatoms. The van der Waals surface area contributed by atoms with E-state index in [1.165, 1.54) is 0 Å². The van der Waals surface area contributed by atoms with Gasteiger partial charge in [-0.15, -0.1) is 11.3 Å². The standard InChI is InChI=1S/C15H16N4OS/c1-2-14-17-12(9-21-14)7-13-18-15(19-20-13)11-5-3-10(8-16)4-6-11/h3-6,9H,2,7-8,16H2,1H3. The average molecular weight is 300 g/mol. The molecule has 0 atom stereocenters. The maximum absolute atomic E-state index is 5.59. The molecule has 0 bridgehead atoms. The molecule has 0 aliphatic rings. The van der Waals surface area contributed by atoms with Gasteiger partial charge in [0.25, 0.3) is 0 Å². The van der Waals surface area contributed by atoms with Crippen LogP contribution in [-0.4, -0.2) is 15.1 Å². The van der Waals surface area contributed by atoms with Gasteiger partial charge in [-0.2, -0.15) is 4.98 Å². The lowest BCUT2D eigenvalue weighted by atomic mass is 10.1. The van der Waals surface area contributed by atoms with Crippen molar-refractivity contribution in [2.45, 2.75) is 26.3 Å². The van der Waals surface area contributed by atoms with Gasteiger partial charge in [0.1, 0.15) is 0 Å². The number of nitrogens with zero attached hydrogens (tertiary/aromatic N) is 3. The molecule has 2 heterocycles. The third kappa shape index (κ3) is 3.17. The van der Waals surface area contributed by atoms with Crippen LogP contribution >= 0.6 is 11.3 Å². The van der Waals surface area contributed by atoms with Gasteiger partial charge < -0.3 is 10.3 Å². The maximum Gasteiger partial charge on any atom is 0.233 e. The van der Waals surface area contributed by atoms with Gasteiger partial charge in [0.05, 0.1) is 17.1 Å². The first kappa shape index (κ1) is 13.9. The van der Waals surface area contributed by atoms with E-state index in [-0.39, 0.29) is 0 Å². The molecule has 0 radical (unpaired) electrons. The Bertz CT molecular complexity index is 717. The minimum absolute atomic E-state index is 0.529. The van der Waals surface area contributed by atoms with Crippen LogP contribution in [0.5, 0.6) is 0 Å². The summed E-state index contributed by atoms with van der Waals surface area (Å²) in [5, 5.41) is 7.19. The van der Waals surface area contributed by atoms with Crippen LogP contribution in [0.3, 0.4) is 0 Å². The summed E-state index contributed by atoms with van der Waals surface area (Å²) in [6.07, 6.45) is 1.53. The molecule has 0 aliphatic carbocycles. The van der Waals surface area contributed by atoms with Gasteiger partial charge in [0.15, 0.2) is 0 Å². The van der Waals surface area contributed by atoms with E-state index in [0.29, 0.717) is 24.7 Å². The van der Waals surface area contributed by atoms with Crippen molar-refractivity contribution >= 4 is 11.3 Å². The van der Waals surface area contributed by atoms with E-state index in [4.69, 9.17) is 10.3 Å². The zero-order chi connectivity index (χ0) is 14.7. The largest absolute Gasteiger partial charge is 0.339 e. The van der Waals surface area contributed by atoms with Crippen LogP contribution in [0, 0.1) is 0 Å². The van der Waals surface area contributed by atoms with Crippen molar-refractivity contribution in [3.63, 3.8) is 0 Å². The topological polar surface area (TPSA) is 77.8 Å². The number of aryl methyl sites for hydroxylation is 1. The first-order chi connectivity index (χ1) is 10.3. The molecule has 0 fully saturated rings. The Morgan fingerprint density at radius 1 is 1.19 bits per heavy atom. The van der Waals surface area contributed by atoms with Crippen LogP contribution < -0.4 is 5.73 Å². The van der Waals surface area contributed by atoms with Gasteiger partial charge in [-0.1, -0.05) is 36.3 Å². The van der Waals surface area contributed by atoms with Gasteiger partial charge >= 0.3 is 0 Å². The third-order valence-electron chi connectivity index (χ3n) is 3.15. The summed E-state index contributed by atoms with van der Waals surface area (Å²) in [7, 11) is 0. The Morgan fingerprint density at radius 3 is 2.67 bits per heavy atom. The lowest BCUT2D eigenvalue weighted by molar-refractivity contribution is 0.385. The molecular weight excluding hydrogens is 284 g/mol. The average Bonchev–Trinajstić information content (AvgIpc) is 3.17. The van der Waals surface area contributed by atoms with Gasteiger partial charge in [0, 0.05) is 17.5 Å². The van der Waals surface area contributed by atoms with E-state index < -0.39 is 0 Å². The molecule has 0 aliphatic heterocycles. The summed E-state index contributed by atoms with van der Waals surface area (Å²) >= 11 is 1.66. The molecule has 3 aromatic rings. The van der Waals surface area contributed by atoms with Crippen LogP contribution in [0.1, 0.15) is 29.1 Å². The zero-order valence-electron chi connectivity index (χ0n) is 11.7. The number of benzene rings is 1. The first-order valence-corrected chi connectivity index (χ1v) is 7.71. The lowest BCUT2D eigenvalue weighted by Crippen LogP contribution is -1.95. The van der Waals surface area contributed by atoms with E-state index >= 15 is 0 Å². The molecule has 1 aromatic carbocycles. The smallest absolute Gasteiger partial charge is 0.233 e. The Balaban J connectivity index is 1.75.